The van der Waals surface area contributed by atoms with Crippen molar-refractivity contribution in [3.8, 4) is 5.75 Å². The summed E-state index contributed by atoms with van der Waals surface area (Å²) in [5.74, 6) is 0.371. The topological polar surface area (TPSA) is 70.6 Å². The summed E-state index contributed by atoms with van der Waals surface area (Å²) in [7, 11) is 1.66. The Hall–Kier alpha value is -2.41. The van der Waals surface area contributed by atoms with E-state index in [-0.39, 0.29) is 6.04 Å². The van der Waals surface area contributed by atoms with E-state index in [1.807, 2.05) is 30.3 Å². The quantitative estimate of drug-likeness (QED) is 0.463. The summed E-state index contributed by atoms with van der Waals surface area (Å²) in [6.45, 7) is 2.87. The zero-order chi connectivity index (χ0) is 17.8. The summed E-state index contributed by atoms with van der Waals surface area (Å²) in [6, 6.07) is 16.1. The van der Waals surface area contributed by atoms with E-state index in [0.29, 0.717) is 4.88 Å². The van der Waals surface area contributed by atoms with Crippen molar-refractivity contribution in [3.63, 3.8) is 0 Å². The van der Waals surface area contributed by atoms with Crippen molar-refractivity contribution >= 4 is 27.3 Å². The lowest BCUT2D eigenvalue weighted by molar-refractivity contribution is 0.0711. The Kier molecular flexibility index (Phi) is 5.33. The fourth-order valence-electron chi connectivity index (χ4n) is 2.62. The van der Waals surface area contributed by atoms with Gasteiger partial charge in [0.1, 0.15) is 5.75 Å². The maximum absolute atomic E-state index is 11.5. The summed E-state index contributed by atoms with van der Waals surface area (Å²) in [5, 5.41) is 13.3. The molecule has 1 atom stereocenters. The van der Waals surface area contributed by atoms with E-state index in [0.717, 1.165) is 27.9 Å². The monoisotopic (exact) mass is 356 g/mol. The standard InChI is InChI=1S/C19H20N2O3S/c1-12(20-11-13-3-7-16(24-2)8-4-13)14-5-6-15-10-18(19(22)21-23)25-17(15)9-14/h3-10,12,20,23H,11H2,1-2H3,(H,21,22). The van der Waals surface area contributed by atoms with E-state index in [2.05, 4.69) is 24.4 Å². The molecule has 2 aromatic carbocycles. The van der Waals surface area contributed by atoms with Crippen LogP contribution in [-0.4, -0.2) is 18.2 Å². The van der Waals surface area contributed by atoms with Gasteiger partial charge < -0.3 is 10.1 Å². The molecule has 0 bridgehead atoms. The van der Waals surface area contributed by atoms with Gasteiger partial charge in [0, 0.05) is 17.3 Å². The van der Waals surface area contributed by atoms with Crippen LogP contribution in [-0.2, 0) is 6.54 Å². The molecule has 1 unspecified atom stereocenters. The highest BCUT2D eigenvalue weighted by Crippen LogP contribution is 2.28. The molecule has 130 valence electrons. The smallest absolute Gasteiger partial charge is 0.284 e. The highest BCUT2D eigenvalue weighted by Gasteiger charge is 2.11. The van der Waals surface area contributed by atoms with Crippen LogP contribution in [0.4, 0.5) is 0 Å². The molecule has 0 spiro atoms. The second-order valence-corrected chi connectivity index (χ2v) is 6.88. The number of carbonyl (C=O) groups is 1. The van der Waals surface area contributed by atoms with Gasteiger partial charge in [-0.05, 0) is 47.7 Å². The number of hydroxylamine groups is 1. The second kappa shape index (κ2) is 7.65. The Morgan fingerprint density at radius 3 is 2.64 bits per heavy atom. The largest absolute Gasteiger partial charge is 0.497 e. The molecular weight excluding hydrogens is 336 g/mol. The summed E-state index contributed by atoms with van der Waals surface area (Å²) in [6.07, 6.45) is 0. The van der Waals surface area contributed by atoms with Crippen LogP contribution in [0.5, 0.6) is 5.75 Å². The molecule has 3 rings (SSSR count). The molecule has 0 aliphatic rings. The molecule has 1 amide bonds. The van der Waals surface area contributed by atoms with Gasteiger partial charge in [0.05, 0.1) is 12.0 Å². The average molecular weight is 356 g/mol. The molecule has 1 aromatic heterocycles. The molecule has 3 aromatic rings. The lowest BCUT2D eigenvalue weighted by Crippen LogP contribution is -2.17. The number of benzene rings is 2. The number of amides is 1. The highest BCUT2D eigenvalue weighted by molar-refractivity contribution is 7.20. The lowest BCUT2D eigenvalue weighted by atomic mass is 10.1. The summed E-state index contributed by atoms with van der Waals surface area (Å²) >= 11 is 1.37. The maximum Gasteiger partial charge on any atom is 0.284 e. The number of thiophene rings is 1. The van der Waals surface area contributed by atoms with Gasteiger partial charge in [0.25, 0.3) is 5.91 Å². The fourth-order valence-corrected chi connectivity index (χ4v) is 3.62. The van der Waals surface area contributed by atoms with Gasteiger partial charge in [-0.3, -0.25) is 10.0 Å². The fraction of sp³-hybridized carbons (Fsp3) is 0.211. The third-order valence-electron chi connectivity index (χ3n) is 4.14. The van der Waals surface area contributed by atoms with Gasteiger partial charge in [-0.25, -0.2) is 5.48 Å². The van der Waals surface area contributed by atoms with E-state index in [9.17, 15) is 4.79 Å². The zero-order valence-electron chi connectivity index (χ0n) is 14.1. The van der Waals surface area contributed by atoms with Gasteiger partial charge in [-0.15, -0.1) is 11.3 Å². The maximum atomic E-state index is 11.5. The number of rotatable bonds is 6. The van der Waals surface area contributed by atoms with Crippen LogP contribution in [0.15, 0.2) is 48.5 Å². The molecule has 0 saturated carbocycles. The normalized spacial score (nSPS) is 12.1. The van der Waals surface area contributed by atoms with Gasteiger partial charge in [-0.2, -0.15) is 0 Å². The Morgan fingerprint density at radius 1 is 1.20 bits per heavy atom. The van der Waals surface area contributed by atoms with E-state index in [4.69, 9.17) is 9.94 Å². The van der Waals surface area contributed by atoms with Crippen molar-refractivity contribution in [2.24, 2.45) is 0 Å². The molecule has 25 heavy (non-hydrogen) atoms. The number of methoxy groups -OCH3 is 1. The predicted molar refractivity (Wildman–Crippen MR) is 99.3 cm³/mol. The van der Waals surface area contributed by atoms with Crippen LogP contribution in [0.2, 0.25) is 0 Å². The Balaban J connectivity index is 1.70. The molecule has 5 nitrogen and oxygen atoms in total. The lowest BCUT2D eigenvalue weighted by Gasteiger charge is -2.14. The third kappa shape index (κ3) is 3.99. The molecule has 0 radical (unpaired) electrons. The number of carbonyl (C=O) groups excluding carboxylic acids is 1. The molecule has 3 N–H and O–H groups in total. The first-order valence-corrected chi connectivity index (χ1v) is 8.76. The minimum Gasteiger partial charge on any atom is -0.497 e. The van der Waals surface area contributed by atoms with E-state index < -0.39 is 5.91 Å². The first-order chi connectivity index (χ1) is 12.1. The summed E-state index contributed by atoms with van der Waals surface area (Å²) in [4.78, 5) is 12.0. The van der Waals surface area contributed by atoms with Crippen molar-refractivity contribution < 1.29 is 14.7 Å². The minimum absolute atomic E-state index is 0.170. The van der Waals surface area contributed by atoms with Crippen molar-refractivity contribution in [1.29, 1.82) is 0 Å². The highest BCUT2D eigenvalue weighted by atomic mass is 32.1. The number of hydrogen-bond acceptors (Lipinski definition) is 5. The van der Waals surface area contributed by atoms with Gasteiger partial charge in [0.2, 0.25) is 0 Å². The molecule has 0 aliphatic carbocycles. The van der Waals surface area contributed by atoms with E-state index in [1.165, 1.54) is 16.9 Å². The van der Waals surface area contributed by atoms with Gasteiger partial charge >= 0.3 is 0 Å². The molecule has 6 heteroatoms. The Labute approximate surface area is 150 Å². The van der Waals surface area contributed by atoms with Crippen molar-refractivity contribution in [1.82, 2.24) is 10.8 Å². The number of fused-ring (bicyclic) bond motifs is 1. The first kappa shape index (κ1) is 17.4. The number of hydrogen-bond donors (Lipinski definition) is 3. The Bertz CT molecular complexity index is 874. The van der Waals surface area contributed by atoms with Gasteiger partial charge in [0.15, 0.2) is 0 Å². The SMILES string of the molecule is COc1ccc(CNC(C)c2ccc3cc(C(=O)NO)sc3c2)cc1. The number of nitrogens with one attached hydrogen (secondary N) is 2. The molecule has 0 saturated heterocycles. The predicted octanol–water partition coefficient (Wildman–Crippen LogP) is 3.88. The van der Waals surface area contributed by atoms with Crippen LogP contribution in [0.25, 0.3) is 10.1 Å². The zero-order valence-corrected chi connectivity index (χ0v) is 14.9. The molecule has 0 aliphatic heterocycles. The summed E-state index contributed by atoms with van der Waals surface area (Å²) in [5.41, 5.74) is 4.01. The van der Waals surface area contributed by atoms with Crippen LogP contribution >= 0.6 is 11.3 Å². The van der Waals surface area contributed by atoms with Gasteiger partial charge in [-0.1, -0.05) is 24.3 Å². The molecule has 0 fully saturated rings. The average Bonchev–Trinajstić information content (AvgIpc) is 3.09. The molecule has 1 heterocycles. The van der Waals surface area contributed by atoms with Crippen LogP contribution < -0.4 is 15.5 Å². The van der Waals surface area contributed by atoms with Crippen molar-refractivity contribution in [2.75, 3.05) is 7.11 Å². The molecular formula is C19H20N2O3S. The van der Waals surface area contributed by atoms with Crippen molar-refractivity contribution in [3.05, 3.63) is 64.5 Å². The van der Waals surface area contributed by atoms with Crippen LogP contribution in [0.3, 0.4) is 0 Å². The summed E-state index contributed by atoms with van der Waals surface area (Å²) < 4.78 is 6.19. The van der Waals surface area contributed by atoms with Crippen molar-refractivity contribution in [2.45, 2.75) is 19.5 Å². The number of ether oxygens (including phenoxy) is 1. The van der Waals surface area contributed by atoms with Crippen LogP contribution in [0, 0.1) is 0 Å². The Morgan fingerprint density at radius 2 is 1.96 bits per heavy atom. The van der Waals surface area contributed by atoms with Crippen LogP contribution in [0.1, 0.15) is 33.8 Å². The first-order valence-electron chi connectivity index (χ1n) is 7.95. The minimum atomic E-state index is -0.478. The van der Waals surface area contributed by atoms with E-state index in [1.54, 1.807) is 18.7 Å². The van der Waals surface area contributed by atoms with E-state index >= 15 is 0 Å². The second-order valence-electron chi connectivity index (χ2n) is 5.80. The third-order valence-corrected chi connectivity index (χ3v) is 5.24.